The molecule has 0 N–H and O–H groups in total. The van der Waals surface area contributed by atoms with E-state index in [-0.39, 0.29) is 0 Å². The van der Waals surface area contributed by atoms with Gasteiger partial charge in [0.1, 0.15) is 0 Å². The predicted octanol–water partition coefficient (Wildman–Crippen LogP) is 8.81. The zero-order chi connectivity index (χ0) is 19.1. The molecule has 0 amide bonds. The zero-order valence-corrected chi connectivity index (χ0v) is 18.8. The summed E-state index contributed by atoms with van der Waals surface area (Å²) in [4.78, 5) is 0. The third-order valence-corrected chi connectivity index (χ3v) is 10.5. The number of hydrogen-bond acceptors (Lipinski definition) is 0. The van der Waals surface area contributed by atoms with E-state index in [0.29, 0.717) is 0 Å². The molecule has 0 aliphatic rings. The van der Waals surface area contributed by atoms with Crippen LogP contribution in [-0.4, -0.2) is 18.5 Å². The Morgan fingerprint density at radius 2 is 1.19 bits per heavy atom. The van der Waals surface area contributed by atoms with E-state index in [2.05, 4.69) is 51.6 Å². The van der Waals surface area contributed by atoms with Crippen LogP contribution in [-0.2, 0) is 6.16 Å². The van der Waals surface area contributed by atoms with Crippen molar-refractivity contribution in [1.29, 1.82) is 0 Å². The molecule has 0 unspecified atom stereocenters. The minimum Gasteiger partial charge on any atom is -0.0985 e. The average molecular weight is 376 g/mol. The molecule has 0 radical (unpaired) electrons. The third kappa shape index (κ3) is 9.36. The van der Waals surface area contributed by atoms with Crippen molar-refractivity contribution in [3.63, 3.8) is 0 Å². The van der Waals surface area contributed by atoms with Crippen molar-refractivity contribution in [3.05, 3.63) is 42.0 Å². The summed E-state index contributed by atoms with van der Waals surface area (Å²) in [5.41, 5.74) is 2.82. The molecule has 0 saturated heterocycles. The summed E-state index contributed by atoms with van der Waals surface area (Å²) in [7, 11) is -0.856. The Morgan fingerprint density at radius 3 is 1.73 bits per heavy atom. The fourth-order valence-electron chi connectivity index (χ4n) is 3.93. The van der Waals surface area contributed by atoms with Gasteiger partial charge in [-0.25, -0.2) is 0 Å². The van der Waals surface area contributed by atoms with Crippen molar-refractivity contribution in [2.75, 3.05) is 18.5 Å². The number of benzene rings is 1. The molecule has 0 aromatic heterocycles. The average Bonchev–Trinajstić information content (AvgIpc) is 2.68. The summed E-state index contributed by atoms with van der Waals surface area (Å²) in [6, 6.07) is 9.23. The quantitative estimate of drug-likeness (QED) is 0.200. The lowest BCUT2D eigenvalue weighted by atomic mass is 10.1. The maximum absolute atomic E-state index is 3.89. The van der Waals surface area contributed by atoms with E-state index in [4.69, 9.17) is 0 Å². The summed E-state index contributed by atoms with van der Waals surface area (Å²) in [6.07, 6.45) is 22.0. The standard InChI is InChI=1S/C25H44P/c1-5-9-12-13-14-15-22-26(20-10-6-2,21-11-7-3)23-25-18-16-24(8-4)17-19-25/h8,16-19H,4-7,9-15,20-23H2,1-3H3/q+1. The van der Waals surface area contributed by atoms with E-state index in [1.807, 2.05) is 6.08 Å². The van der Waals surface area contributed by atoms with Crippen LogP contribution in [0.15, 0.2) is 30.8 Å². The fraction of sp³-hybridized carbons (Fsp3) is 0.680. The first-order chi connectivity index (χ1) is 12.7. The van der Waals surface area contributed by atoms with Gasteiger partial charge in [0.05, 0.1) is 24.6 Å². The summed E-state index contributed by atoms with van der Waals surface area (Å²) in [5.74, 6) is 0. The highest BCUT2D eigenvalue weighted by Gasteiger charge is 2.35. The Hall–Kier alpha value is -0.610. The molecule has 0 aliphatic heterocycles. The molecule has 148 valence electrons. The second kappa shape index (κ2) is 14.4. The summed E-state index contributed by atoms with van der Waals surface area (Å²) in [6.45, 7) is 10.9. The van der Waals surface area contributed by atoms with Gasteiger partial charge in [-0.3, -0.25) is 0 Å². The highest BCUT2D eigenvalue weighted by atomic mass is 31.2. The summed E-state index contributed by atoms with van der Waals surface area (Å²) in [5, 5.41) is 0. The highest BCUT2D eigenvalue weighted by molar-refractivity contribution is 7.75. The van der Waals surface area contributed by atoms with Crippen molar-refractivity contribution in [3.8, 4) is 0 Å². The molecule has 26 heavy (non-hydrogen) atoms. The minimum absolute atomic E-state index is 0.856. The molecule has 0 fully saturated rings. The number of rotatable bonds is 16. The van der Waals surface area contributed by atoms with Crippen LogP contribution in [0.2, 0.25) is 0 Å². The summed E-state index contributed by atoms with van der Waals surface area (Å²) >= 11 is 0. The van der Waals surface area contributed by atoms with Crippen LogP contribution in [0.3, 0.4) is 0 Å². The molecule has 0 heterocycles. The van der Waals surface area contributed by atoms with Crippen LogP contribution in [0.4, 0.5) is 0 Å². The number of unbranched alkanes of at least 4 members (excludes halogenated alkanes) is 7. The molecule has 1 rings (SSSR count). The Kier molecular flexibility index (Phi) is 13.0. The van der Waals surface area contributed by atoms with E-state index < -0.39 is 7.26 Å². The van der Waals surface area contributed by atoms with Crippen LogP contribution >= 0.6 is 7.26 Å². The lowest BCUT2D eigenvalue weighted by molar-refractivity contribution is 0.625. The molecular weight excluding hydrogens is 331 g/mol. The number of hydrogen-bond donors (Lipinski definition) is 0. The molecule has 1 aromatic carbocycles. The van der Waals surface area contributed by atoms with E-state index in [1.54, 1.807) is 5.56 Å². The molecule has 0 atom stereocenters. The van der Waals surface area contributed by atoms with Crippen LogP contribution in [0.5, 0.6) is 0 Å². The van der Waals surface area contributed by atoms with Gasteiger partial charge in [0.25, 0.3) is 0 Å². The monoisotopic (exact) mass is 375 g/mol. The van der Waals surface area contributed by atoms with E-state index >= 15 is 0 Å². The SMILES string of the molecule is C=Cc1ccc(C[P+](CCCC)(CCCC)CCCCCCCC)cc1. The molecule has 1 aromatic rings. The maximum Gasteiger partial charge on any atom is 0.0842 e. The van der Waals surface area contributed by atoms with E-state index in [1.165, 1.54) is 94.4 Å². The molecule has 0 aliphatic carbocycles. The molecule has 0 bridgehead atoms. The predicted molar refractivity (Wildman–Crippen MR) is 125 cm³/mol. The second-order valence-electron chi connectivity index (χ2n) is 8.09. The van der Waals surface area contributed by atoms with Crippen molar-refractivity contribution in [1.82, 2.24) is 0 Å². The molecule has 0 saturated carbocycles. The van der Waals surface area contributed by atoms with Crippen LogP contribution in [0, 0.1) is 0 Å². The van der Waals surface area contributed by atoms with Crippen molar-refractivity contribution in [2.45, 2.75) is 91.1 Å². The van der Waals surface area contributed by atoms with Crippen LogP contribution in [0.1, 0.15) is 96.1 Å². The first kappa shape index (κ1) is 23.4. The van der Waals surface area contributed by atoms with Gasteiger partial charge < -0.3 is 0 Å². The van der Waals surface area contributed by atoms with Crippen molar-refractivity contribution >= 4 is 13.3 Å². The molecule has 1 heteroatoms. The normalized spacial score (nSPS) is 11.7. The van der Waals surface area contributed by atoms with Gasteiger partial charge in [0.15, 0.2) is 0 Å². The topological polar surface area (TPSA) is 0 Å². The molecular formula is C25H44P+. The van der Waals surface area contributed by atoms with Gasteiger partial charge in [0.2, 0.25) is 0 Å². The lowest BCUT2D eigenvalue weighted by Gasteiger charge is -2.28. The lowest BCUT2D eigenvalue weighted by Crippen LogP contribution is -2.12. The van der Waals surface area contributed by atoms with Crippen molar-refractivity contribution < 1.29 is 0 Å². The van der Waals surface area contributed by atoms with E-state index in [0.717, 1.165) is 0 Å². The Labute approximate surface area is 165 Å². The highest BCUT2D eigenvalue weighted by Crippen LogP contribution is 2.63. The zero-order valence-electron chi connectivity index (χ0n) is 17.9. The maximum atomic E-state index is 3.89. The fourth-order valence-corrected chi connectivity index (χ4v) is 8.93. The first-order valence-electron chi connectivity index (χ1n) is 11.3. The Bertz CT molecular complexity index is 452. The third-order valence-electron chi connectivity index (χ3n) is 5.69. The van der Waals surface area contributed by atoms with Crippen LogP contribution in [0.25, 0.3) is 6.08 Å². The van der Waals surface area contributed by atoms with Crippen molar-refractivity contribution in [2.24, 2.45) is 0 Å². The van der Waals surface area contributed by atoms with Gasteiger partial charge in [-0.15, -0.1) is 0 Å². The summed E-state index contributed by atoms with van der Waals surface area (Å²) < 4.78 is 0. The van der Waals surface area contributed by atoms with E-state index in [9.17, 15) is 0 Å². The minimum atomic E-state index is -0.856. The smallest absolute Gasteiger partial charge is 0.0842 e. The first-order valence-corrected chi connectivity index (χ1v) is 13.8. The van der Waals surface area contributed by atoms with Gasteiger partial charge in [-0.1, -0.05) is 96.2 Å². The van der Waals surface area contributed by atoms with Crippen LogP contribution < -0.4 is 0 Å². The largest absolute Gasteiger partial charge is 0.0985 e. The second-order valence-corrected chi connectivity index (χ2v) is 12.4. The molecule has 0 nitrogen and oxygen atoms in total. The van der Waals surface area contributed by atoms with Gasteiger partial charge in [0, 0.05) is 7.26 Å². The molecule has 0 spiro atoms. The van der Waals surface area contributed by atoms with Gasteiger partial charge >= 0.3 is 0 Å². The van der Waals surface area contributed by atoms with Gasteiger partial charge in [-0.2, -0.15) is 0 Å². The van der Waals surface area contributed by atoms with Gasteiger partial charge in [-0.05, 0) is 36.8 Å². The Balaban J connectivity index is 2.75. The Morgan fingerprint density at radius 1 is 0.692 bits per heavy atom.